The van der Waals surface area contributed by atoms with Crippen molar-refractivity contribution in [2.75, 3.05) is 7.11 Å². The van der Waals surface area contributed by atoms with Crippen LogP contribution in [0.5, 0.6) is 11.5 Å². The lowest BCUT2D eigenvalue weighted by Crippen LogP contribution is -2.03. The minimum Gasteiger partial charge on any atom is -0.496 e. The number of benzene rings is 1. The fourth-order valence-electron chi connectivity index (χ4n) is 1.57. The van der Waals surface area contributed by atoms with Crippen molar-refractivity contribution in [3.8, 4) is 11.5 Å². The summed E-state index contributed by atoms with van der Waals surface area (Å²) in [5.74, 6) is 1.92. The maximum absolute atomic E-state index is 5.89. The van der Waals surface area contributed by atoms with Crippen LogP contribution < -0.4 is 9.47 Å². The molecule has 0 N–H and O–H groups in total. The molecule has 4 nitrogen and oxygen atoms in total. The van der Waals surface area contributed by atoms with Crippen LogP contribution in [0.4, 0.5) is 0 Å². The molecule has 0 aliphatic heterocycles. The second-order valence-corrected chi connectivity index (χ2v) is 6.05. The first kappa shape index (κ1) is 15.5. The van der Waals surface area contributed by atoms with Crippen LogP contribution in [-0.2, 0) is 6.61 Å². The third kappa shape index (κ3) is 3.84. The van der Waals surface area contributed by atoms with Gasteiger partial charge >= 0.3 is 0 Å². The molecule has 7 heteroatoms. The van der Waals surface area contributed by atoms with E-state index < -0.39 is 0 Å². The van der Waals surface area contributed by atoms with Crippen LogP contribution in [0, 0.1) is 6.92 Å². The Morgan fingerprint density at radius 2 is 1.75 bits per heavy atom. The lowest BCUT2D eigenvalue weighted by atomic mass is 10.3. The number of hydrogen-bond donors (Lipinski definition) is 0. The van der Waals surface area contributed by atoms with E-state index in [1.54, 1.807) is 13.2 Å². The first-order valence-corrected chi connectivity index (χ1v) is 7.62. The molecule has 20 heavy (non-hydrogen) atoms. The average molecular weight is 423 g/mol. The number of aromatic nitrogens is 2. The molecule has 1 aromatic heterocycles. The Morgan fingerprint density at radius 1 is 1.10 bits per heavy atom. The van der Waals surface area contributed by atoms with E-state index in [0.29, 0.717) is 16.7 Å². The molecule has 0 bridgehead atoms. The zero-order chi connectivity index (χ0) is 14.7. The van der Waals surface area contributed by atoms with E-state index in [4.69, 9.17) is 21.1 Å². The van der Waals surface area contributed by atoms with Crippen LogP contribution in [0.25, 0.3) is 0 Å². The summed E-state index contributed by atoms with van der Waals surface area (Å²) in [5.41, 5.74) is 0.804. The van der Waals surface area contributed by atoms with Crippen LogP contribution in [0.3, 0.4) is 0 Å². The summed E-state index contributed by atoms with van der Waals surface area (Å²) in [6, 6.07) is 5.34. The van der Waals surface area contributed by atoms with Crippen LogP contribution in [0.2, 0.25) is 5.15 Å². The first-order chi connectivity index (χ1) is 9.49. The summed E-state index contributed by atoms with van der Waals surface area (Å²) >= 11 is 12.7. The molecule has 0 radical (unpaired) electrons. The highest BCUT2D eigenvalue weighted by Gasteiger charge is 2.09. The summed E-state index contributed by atoms with van der Waals surface area (Å²) in [6.07, 6.45) is 0. The van der Waals surface area contributed by atoms with Gasteiger partial charge in [0, 0.05) is 5.69 Å². The fourth-order valence-corrected chi connectivity index (χ4v) is 2.75. The van der Waals surface area contributed by atoms with Gasteiger partial charge in [0.15, 0.2) is 5.82 Å². The number of nitrogens with zero attached hydrogens (tertiary/aromatic N) is 2. The fraction of sp³-hybridized carbons (Fsp3) is 0.231. The monoisotopic (exact) mass is 420 g/mol. The van der Waals surface area contributed by atoms with Crippen LogP contribution in [0.15, 0.2) is 27.1 Å². The smallest absolute Gasteiger partial charge is 0.167 e. The van der Waals surface area contributed by atoms with Gasteiger partial charge < -0.3 is 9.47 Å². The first-order valence-electron chi connectivity index (χ1n) is 5.65. The minimum atomic E-state index is 0.235. The molecule has 106 valence electrons. The number of rotatable bonds is 4. The second kappa shape index (κ2) is 6.74. The highest BCUT2D eigenvalue weighted by molar-refractivity contribution is 9.11. The van der Waals surface area contributed by atoms with Crippen molar-refractivity contribution in [2.45, 2.75) is 13.5 Å². The summed E-state index contributed by atoms with van der Waals surface area (Å²) in [4.78, 5) is 8.38. The van der Waals surface area contributed by atoms with Gasteiger partial charge in [0.1, 0.15) is 23.3 Å². The highest BCUT2D eigenvalue weighted by atomic mass is 79.9. The summed E-state index contributed by atoms with van der Waals surface area (Å²) in [5, 5.41) is 0.408. The summed E-state index contributed by atoms with van der Waals surface area (Å²) < 4.78 is 12.5. The van der Waals surface area contributed by atoms with Gasteiger partial charge in [-0.3, -0.25) is 0 Å². The lowest BCUT2D eigenvalue weighted by Gasteiger charge is -2.11. The minimum absolute atomic E-state index is 0.235. The van der Waals surface area contributed by atoms with Crippen LogP contribution in [0.1, 0.15) is 11.5 Å². The standard InChI is InChI=1S/C13H11Br2ClN2O2/c1-7-3-12(16)18-13(17-7)6-20-11-5-8(14)10(19-2)4-9(11)15/h3-5H,6H2,1-2H3. The molecule has 2 aromatic rings. The zero-order valence-electron chi connectivity index (χ0n) is 10.8. The normalized spacial score (nSPS) is 10.4. The van der Waals surface area contributed by atoms with Gasteiger partial charge in [0.25, 0.3) is 0 Å². The van der Waals surface area contributed by atoms with Crippen molar-refractivity contribution in [2.24, 2.45) is 0 Å². The Labute approximate surface area is 138 Å². The van der Waals surface area contributed by atoms with Gasteiger partial charge in [0.05, 0.1) is 16.1 Å². The molecular weight excluding hydrogens is 411 g/mol. The molecule has 0 aliphatic carbocycles. The summed E-state index contributed by atoms with van der Waals surface area (Å²) in [6.45, 7) is 2.09. The Hall–Kier alpha value is -0.850. The van der Waals surface area contributed by atoms with Crippen molar-refractivity contribution in [1.29, 1.82) is 0 Å². The van der Waals surface area contributed by atoms with E-state index in [9.17, 15) is 0 Å². The molecule has 0 fully saturated rings. The van der Waals surface area contributed by atoms with Gasteiger partial charge in [-0.05, 0) is 57.0 Å². The largest absolute Gasteiger partial charge is 0.496 e. The molecule has 0 spiro atoms. The molecule has 2 rings (SSSR count). The van der Waals surface area contributed by atoms with Crippen molar-refractivity contribution in [3.05, 3.63) is 43.8 Å². The number of ether oxygens (including phenoxy) is 2. The Balaban J connectivity index is 2.16. The van der Waals surface area contributed by atoms with E-state index in [2.05, 4.69) is 41.8 Å². The lowest BCUT2D eigenvalue weighted by molar-refractivity contribution is 0.292. The number of methoxy groups -OCH3 is 1. The highest BCUT2D eigenvalue weighted by Crippen LogP contribution is 2.36. The average Bonchev–Trinajstić information content (AvgIpc) is 2.38. The SMILES string of the molecule is COc1cc(Br)c(OCc2nc(C)cc(Cl)n2)cc1Br. The zero-order valence-corrected chi connectivity index (χ0v) is 14.7. The quantitative estimate of drug-likeness (QED) is 0.678. The van der Waals surface area contributed by atoms with E-state index in [1.165, 1.54) is 0 Å². The molecule has 0 aliphatic rings. The number of aryl methyl sites for hydroxylation is 1. The maximum atomic E-state index is 5.89. The third-order valence-corrected chi connectivity index (χ3v) is 3.87. The molecule has 1 aromatic carbocycles. The van der Waals surface area contributed by atoms with Crippen molar-refractivity contribution in [1.82, 2.24) is 9.97 Å². The molecule has 0 saturated carbocycles. The van der Waals surface area contributed by atoms with Crippen LogP contribution >= 0.6 is 43.5 Å². The van der Waals surface area contributed by atoms with Gasteiger partial charge in [-0.1, -0.05) is 11.6 Å². The second-order valence-electron chi connectivity index (χ2n) is 3.95. The number of halogens is 3. The Kier molecular flexibility index (Phi) is 5.23. The van der Waals surface area contributed by atoms with Gasteiger partial charge in [0.2, 0.25) is 0 Å². The Bertz CT molecular complexity index is 618. The third-order valence-electron chi connectivity index (χ3n) is 2.43. The predicted octanol–water partition coefficient (Wildman–Crippen LogP) is 4.55. The molecule has 1 heterocycles. The maximum Gasteiger partial charge on any atom is 0.167 e. The molecular formula is C13H11Br2ClN2O2. The van der Waals surface area contributed by atoms with E-state index in [-0.39, 0.29) is 6.61 Å². The van der Waals surface area contributed by atoms with Crippen molar-refractivity contribution < 1.29 is 9.47 Å². The van der Waals surface area contributed by atoms with Gasteiger partial charge in [-0.25, -0.2) is 9.97 Å². The van der Waals surface area contributed by atoms with E-state index >= 15 is 0 Å². The van der Waals surface area contributed by atoms with Crippen LogP contribution in [-0.4, -0.2) is 17.1 Å². The summed E-state index contributed by atoms with van der Waals surface area (Å²) in [7, 11) is 1.61. The molecule has 0 saturated heterocycles. The van der Waals surface area contributed by atoms with Crippen molar-refractivity contribution >= 4 is 43.5 Å². The predicted molar refractivity (Wildman–Crippen MR) is 84.5 cm³/mol. The van der Waals surface area contributed by atoms with Crippen molar-refractivity contribution in [3.63, 3.8) is 0 Å². The Morgan fingerprint density at radius 3 is 2.40 bits per heavy atom. The molecule has 0 unspecified atom stereocenters. The van der Waals surface area contributed by atoms with Gasteiger partial charge in [-0.2, -0.15) is 0 Å². The van der Waals surface area contributed by atoms with E-state index in [0.717, 1.165) is 20.4 Å². The van der Waals surface area contributed by atoms with Gasteiger partial charge in [-0.15, -0.1) is 0 Å². The number of hydrogen-bond acceptors (Lipinski definition) is 4. The topological polar surface area (TPSA) is 44.2 Å². The van der Waals surface area contributed by atoms with E-state index in [1.807, 2.05) is 19.1 Å². The molecule has 0 atom stereocenters. The molecule has 0 amide bonds.